The van der Waals surface area contributed by atoms with Gasteiger partial charge in [0.05, 0.1) is 20.6 Å². The van der Waals surface area contributed by atoms with Crippen LogP contribution in [0.3, 0.4) is 0 Å². The summed E-state index contributed by atoms with van der Waals surface area (Å²) in [6.45, 7) is 2.05. The molecule has 1 saturated heterocycles. The van der Waals surface area contributed by atoms with Crippen LogP contribution in [-0.2, 0) is 26.2 Å². The van der Waals surface area contributed by atoms with Crippen molar-refractivity contribution in [2.75, 3.05) is 16.0 Å². The largest absolute Gasteiger partial charge is 0.382 e. The van der Waals surface area contributed by atoms with Crippen LogP contribution in [0.25, 0.3) is 0 Å². The molecule has 3 aromatic carbocycles. The molecule has 57 heavy (non-hydrogen) atoms. The number of benzene rings is 3. The van der Waals surface area contributed by atoms with Gasteiger partial charge in [-0.3, -0.25) is 24.5 Å². The van der Waals surface area contributed by atoms with Crippen molar-refractivity contribution in [3.8, 4) is 0 Å². The molecular weight excluding hydrogens is 821 g/mol. The van der Waals surface area contributed by atoms with Gasteiger partial charge in [-0.25, -0.2) is 22.5 Å². The van der Waals surface area contributed by atoms with Gasteiger partial charge < -0.3 is 26.6 Å². The van der Waals surface area contributed by atoms with Gasteiger partial charge in [0.25, 0.3) is 11.8 Å². The molecule has 2 aliphatic heterocycles. The summed E-state index contributed by atoms with van der Waals surface area (Å²) in [4.78, 5) is 59.7. The van der Waals surface area contributed by atoms with Crippen LogP contribution in [0.2, 0.25) is 0 Å². The van der Waals surface area contributed by atoms with Gasteiger partial charge in [0.1, 0.15) is 17.7 Å². The number of carbonyl (C=O) groups excluding carboxylic acids is 4. The Kier molecular flexibility index (Phi) is 11.6. The zero-order chi connectivity index (χ0) is 40.4. The molecule has 7 N–H and O–H groups in total. The summed E-state index contributed by atoms with van der Waals surface area (Å²) in [5, 5.41) is 12.0. The molecule has 1 saturated carbocycles. The Morgan fingerprint density at radius 3 is 2.39 bits per heavy atom. The number of aromatic nitrogens is 2. The highest BCUT2D eigenvalue weighted by molar-refractivity contribution is 9.10. The van der Waals surface area contributed by atoms with E-state index in [-0.39, 0.29) is 64.8 Å². The smallest absolute Gasteiger partial charge is 0.255 e. The SMILES string of the molecule is Cc1cc(S(=O)(=O)NC2CCCC(Nc3cccc4c3CN(C3CCC(=O)NC3=O)C4=O)CCC2)ccc1Nc1ncc(Br)c(Nc2cccc(F)c2C(N)=O)n1. The number of amides is 4. The Labute approximate surface area is 337 Å². The molecule has 1 aromatic heterocycles. The average molecular weight is 863 g/mol. The van der Waals surface area contributed by atoms with Crippen LogP contribution in [-0.4, -0.2) is 65.0 Å². The zero-order valence-electron chi connectivity index (χ0n) is 30.9. The Hall–Kier alpha value is -5.46. The molecule has 0 spiro atoms. The highest BCUT2D eigenvalue weighted by atomic mass is 79.9. The normalized spacial score (nSPS) is 19.9. The number of halogens is 2. The lowest BCUT2D eigenvalue weighted by Crippen LogP contribution is -2.52. The zero-order valence-corrected chi connectivity index (χ0v) is 33.3. The minimum atomic E-state index is -3.85. The van der Waals surface area contributed by atoms with Gasteiger partial charge in [-0.05, 0) is 116 Å². The molecule has 4 amide bonds. The molecule has 298 valence electrons. The van der Waals surface area contributed by atoms with E-state index >= 15 is 0 Å². The summed E-state index contributed by atoms with van der Waals surface area (Å²) in [6, 6.07) is 13.5. The van der Waals surface area contributed by atoms with Crippen molar-refractivity contribution in [3.63, 3.8) is 0 Å². The van der Waals surface area contributed by atoms with E-state index in [2.05, 4.69) is 51.9 Å². The molecule has 7 rings (SSSR count). The number of anilines is 5. The lowest BCUT2D eigenvalue weighted by Gasteiger charge is -2.29. The number of rotatable bonds is 11. The number of primary amides is 1. The van der Waals surface area contributed by atoms with Crippen molar-refractivity contribution in [2.45, 2.75) is 87.9 Å². The van der Waals surface area contributed by atoms with Crippen LogP contribution in [0, 0.1) is 12.7 Å². The fourth-order valence-corrected chi connectivity index (χ4v) is 9.27. The number of piperidine rings is 1. The number of sulfonamides is 1. The van der Waals surface area contributed by atoms with Gasteiger partial charge in [0, 0.05) is 53.7 Å². The van der Waals surface area contributed by atoms with Crippen LogP contribution < -0.4 is 31.7 Å². The van der Waals surface area contributed by atoms with Gasteiger partial charge in [-0.15, -0.1) is 0 Å². The fraction of sp³-hybridized carbons (Fsp3) is 0.333. The Morgan fingerprint density at radius 1 is 0.947 bits per heavy atom. The molecule has 0 bridgehead atoms. The number of fused-ring (bicyclic) bond motifs is 1. The van der Waals surface area contributed by atoms with Gasteiger partial charge in [-0.2, -0.15) is 4.98 Å². The third-order valence-electron chi connectivity index (χ3n) is 10.5. The first-order valence-corrected chi connectivity index (χ1v) is 20.9. The van der Waals surface area contributed by atoms with Gasteiger partial charge in [-0.1, -0.05) is 12.1 Å². The summed E-state index contributed by atoms with van der Waals surface area (Å²) >= 11 is 3.36. The Bertz CT molecular complexity index is 2370. The predicted octanol–water partition coefficient (Wildman–Crippen LogP) is 5.52. The van der Waals surface area contributed by atoms with E-state index in [0.717, 1.165) is 43.0 Å². The number of hydrogen-bond acceptors (Lipinski definition) is 11. The van der Waals surface area contributed by atoms with Gasteiger partial charge in [0.2, 0.25) is 27.8 Å². The van der Waals surface area contributed by atoms with Crippen LogP contribution in [0.15, 0.2) is 70.2 Å². The molecule has 3 heterocycles. The molecule has 4 aromatic rings. The Morgan fingerprint density at radius 2 is 1.67 bits per heavy atom. The maximum absolute atomic E-state index is 14.3. The van der Waals surface area contributed by atoms with E-state index in [9.17, 15) is 32.0 Å². The lowest BCUT2D eigenvalue weighted by atomic mass is 9.93. The number of nitrogens with one attached hydrogen (secondary N) is 5. The van der Waals surface area contributed by atoms with Crippen molar-refractivity contribution in [2.24, 2.45) is 5.73 Å². The second-order valence-electron chi connectivity index (χ2n) is 14.4. The quantitative estimate of drug-likeness (QED) is 0.103. The third-order valence-corrected chi connectivity index (χ3v) is 12.6. The first-order chi connectivity index (χ1) is 27.3. The number of nitrogens with zero attached hydrogens (tertiary/aromatic N) is 3. The van der Waals surface area contributed by atoms with Crippen LogP contribution in [0.5, 0.6) is 0 Å². The molecule has 15 nitrogen and oxygen atoms in total. The molecule has 0 radical (unpaired) electrons. The minimum Gasteiger partial charge on any atom is -0.382 e. The molecule has 1 aliphatic carbocycles. The summed E-state index contributed by atoms with van der Waals surface area (Å²) in [5.41, 5.74) is 8.62. The van der Waals surface area contributed by atoms with Crippen molar-refractivity contribution in [3.05, 3.63) is 93.3 Å². The van der Waals surface area contributed by atoms with Crippen molar-refractivity contribution in [1.82, 2.24) is 24.9 Å². The van der Waals surface area contributed by atoms with Crippen LogP contribution in [0.4, 0.5) is 33.2 Å². The Balaban J connectivity index is 0.946. The standard InChI is InChI=1S/C39H41BrFN9O6S/c1-21-18-24(14-15-29(21)46-39-43-19-27(40)36(48-39)45-31-13-5-11-28(41)34(31)35(42)52)57(55,56)49-23-8-2-6-22(7-3-9-23)44-30-12-4-10-25-26(30)20-50(38(25)54)32-16-17-33(51)47-37(32)53/h4-5,10-15,18-19,22-23,32,44,49H,2-3,6-9,16-17,20H2,1H3,(H2,42,52)(H,47,51,53)(H2,43,45,46,48). The second kappa shape index (κ2) is 16.6. The highest BCUT2D eigenvalue weighted by Crippen LogP contribution is 2.34. The minimum absolute atomic E-state index is 0.118. The number of nitrogens with two attached hydrogens (primary N) is 1. The molecule has 1 atom stereocenters. The van der Waals surface area contributed by atoms with Crippen LogP contribution >= 0.6 is 15.9 Å². The van der Waals surface area contributed by atoms with E-state index in [1.54, 1.807) is 30.0 Å². The molecule has 1 unspecified atom stereocenters. The summed E-state index contributed by atoms with van der Waals surface area (Å²) < 4.78 is 44.8. The topological polar surface area (TPSA) is 218 Å². The lowest BCUT2D eigenvalue weighted by molar-refractivity contribution is -0.136. The van der Waals surface area contributed by atoms with E-state index in [4.69, 9.17) is 5.73 Å². The monoisotopic (exact) mass is 861 g/mol. The van der Waals surface area contributed by atoms with Crippen molar-refractivity contribution in [1.29, 1.82) is 0 Å². The second-order valence-corrected chi connectivity index (χ2v) is 17.0. The maximum Gasteiger partial charge on any atom is 0.255 e. The van der Waals surface area contributed by atoms with Crippen LogP contribution in [0.1, 0.15) is 83.2 Å². The molecular formula is C39H41BrFN9O6S. The maximum atomic E-state index is 14.3. The predicted molar refractivity (Wildman–Crippen MR) is 214 cm³/mol. The van der Waals surface area contributed by atoms with E-state index in [0.29, 0.717) is 40.5 Å². The molecule has 18 heteroatoms. The third kappa shape index (κ3) is 8.77. The first kappa shape index (κ1) is 39.8. The molecule has 3 aliphatic rings. The van der Waals surface area contributed by atoms with Crippen molar-refractivity contribution >= 4 is 78.4 Å². The highest BCUT2D eigenvalue weighted by Gasteiger charge is 2.40. The number of aryl methyl sites for hydroxylation is 1. The van der Waals surface area contributed by atoms with Crippen molar-refractivity contribution < 1.29 is 32.0 Å². The van der Waals surface area contributed by atoms with E-state index in [1.807, 2.05) is 12.1 Å². The first-order valence-electron chi connectivity index (χ1n) is 18.6. The van der Waals surface area contributed by atoms with Gasteiger partial charge in [0.15, 0.2) is 0 Å². The van der Waals surface area contributed by atoms with E-state index in [1.165, 1.54) is 24.4 Å². The van der Waals surface area contributed by atoms with Gasteiger partial charge >= 0.3 is 0 Å². The number of imide groups is 1. The number of hydrogen-bond donors (Lipinski definition) is 6. The summed E-state index contributed by atoms with van der Waals surface area (Å²) in [7, 11) is -3.85. The summed E-state index contributed by atoms with van der Waals surface area (Å²) in [6.07, 6.45) is 6.42. The summed E-state index contributed by atoms with van der Waals surface area (Å²) in [5.74, 6) is -2.30. The van der Waals surface area contributed by atoms with E-state index < -0.39 is 33.7 Å². The fourth-order valence-electron chi connectivity index (χ4n) is 7.59. The number of carbonyl (C=O) groups is 4. The molecule has 2 fully saturated rings. The average Bonchev–Trinajstić information content (AvgIpc) is 3.48.